The van der Waals surface area contributed by atoms with Crippen molar-refractivity contribution in [2.75, 3.05) is 17.7 Å². The largest absolute Gasteiger partial charge is 0.496 e. The fourth-order valence-electron chi connectivity index (χ4n) is 2.97. The summed E-state index contributed by atoms with van der Waals surface area (Å²) in [4.78, 5) is 36.4. The minimum absolute atomic E-state index is 0.166. The maximum atomic E-state index is 12.7. The molecule has 0 radical (unpaired) electrons. The van der Waals surface area contributed by atoms with Gasteiger partial charge >= 0.3 is 0 Å². The van der Waals surface area contributed by atoms with Crippen LogP contribution in [0.4, 0.5) is 11.4 Å². The number of para-hydroxylation sites is 1. The molecule has 28 heavy (non-hydrogen) atoms. The Kier molecular flexibility index (Phi) is 5.63. The Bertz CT molecular complexity index is 889. The predicted octanol–water partition coefficient (Wildman–Crippen LogP) is 2.69. The van der Waals surface area contributed by atoms with Crippen molar-refractivity contribution in [3.05, 3.63) is 54.1 Å². The molecule has 1 aliphatic carbocycles. The zero-order valence-electron chi connectivity index (χ0n) is 15.9. The Morgan fingerprint density at radius 3 is 2.11 bits per heavy atom. The third kappa shape index (κ3) is 4.31. The van der Waals surface area contributed by atoms with Crippen LogP contribution < -0.4 is 20.7 Å². The van der Waals surface area contributed by atoms with E-state index in [1.807, 2.05) is 24.3 Å². The molecule has 0 aliphatic heterocycles. The van der Waals surface area contributed by atoms with Crippen molar-refractivity contribution in [3.8, 4) is 5.75 Å². The summed E-state index contributed by atoms with van der Waals surface area (Å²) in [6.45, 7) is 1.72. The molecular weight excluding hydrogens is 358 g/mol. The van der Waals surface area contributed by atoms with Crippen LogP contribution in [0.2, 0.25) is 0 Å². The van der Waals surface area contributed by atoms with E-state index in [1.54, 1.807) is 31.4 Å². The van der Waals surface area contributed by atoms with E-state index in [4.69, 9.17) is 4.74 Å². The lowest BCUT2D eigenvalue weighted by Gasteiger charge is -2.16. The first-order chi connectivity index (χ1) is 13.4. The van der Waals surface area contributed by atoms with Gasteiger partial charge in [0.05, 0.1) is 7.11 Å². The van der Waals surface area contributed by atoms with Crippen molar-refractivity contribution in [3.63, 3.8) is 0 Å². The van der Waals surface area contributed by atoms with E-state index in [0.29, 0.717) is 36.5 Å². The molecule has 1 fully saturated rings. The summed E-state index contributed by atoms with van der Waals surface area (Å²) in [6, 6.07) is 14.2. The van der Waals surface area contributed by atoms with Crippen LogP contribution in [-0.4, -0.2) is 24.8 Å². The van der Waals surface area contributed by atoms with Gasteiger partial charge in [0, 0.05) is 30.4 Å². The van der Waals surface area contributed by atoms with E-state index in [2.05, 4.69) is 16.0 Å². The zero-order chi connectivity index (χ0) is 20.1. The number of methoxy groups -OCH3 is 1. The van der Waals surface area contributed by atoms with Gasteiger partial charge < -0.3 is 20.7 Å². The number of carbonyl (C=O) groups is 3. The monoisotopic (exact) mass is 381 g/mol. The first-order valence-electron chi connectivity index (χ1n) is 9.04. The molecule has 2 aromatic carbocycles. The Morgan fingerprint density at radius 2 is 1.54 bits per heavy atom. The smallest absolute Gasteiger partial charge is 0.240 e. The molecule has 0 saturated heterocycles. The van der Waals surface area contributed by atoms with E-state index in [1.165, 1.54) is 6.92 Å². The molecule has 0 aromatic heterocycles. The summed E-state index contributed by atoms with van der Waals surface area (Å²) in [7, 11) is 1.58. The number of ether oxygens (including phenoxy) is 1. The van der Waals surface area contributed by atoms with E-state index in [9.17, 15) is 14.4 Å². The SMILES string of the molecule is COc1ccccc1CNC(=O)C1(C(=O)Nc2ccc(NC(C)=O)cc2)CC1. The molecule has 7 nitrogen and oxygen atoms in total. The number of nitrogens with one attached hydrogen (secondary N) is 3. The molecule has 0 atom stereocenters. The van der Waals surface area contributed by atoms with Gasteiger partial charge in [-0.1, -0.05) is 18.2 Å². The number of amides is 3. The van der Waals surface area contributed by atoms with Crippen molar-refractivity contribution < 1.29 is 19.1 Å². The summed E-state index contributed by atoms with van der Waals surface area (Å²) in [6.07, 6.45) is 1.03. The van der Waals surface area contributed by atoms with Crippen LogP contribution in [0.5, 0.6) is 5.75 Å². The second-order valence-corrected chi connectivity index (χ2v) is 6.79. The summed E-state index contributed by atoms with van der Waals surface area (Å²) in [5.41, 5.74) is 1.03. The minimum Gasteiger partial charge on any atom is -0.496 e. The van der Waals surface area contributed by atoms with Gasteiger partial charge in [0.1, 0.15) is 11.2 Å². The summed E-state index contributed by atoms with van der Waals surface area (Å²) in [5, 5.41) is 8.30. The van der Waals surface area contributed by atoms with Crippen LogP contribution in [-0.2, 0) is 20.9 Å². The summed E-state index contributed by atoms with van der Waals surface area (Å²) in [5.74, 6) is -0.0835. The lowest BCUT2D eigenvalue weighted by molar-refractivity contribution is -0.134. The summed E-state index contributed by atoms with van der Waals surface area (Å²) >= 11 is 0. The highest BCUT2D eigenvalue weighted by Crippen LogP contribution is 2.47. The van der Waals surface area contributed by atoms with Crippen molar-refractivity contribution in [1.29, 1.82) is 0 Å². The number of anilines is 2. The van der Waals surface area contributed by atoms with E-state index >= 15 is 0 Å². The highest BCUT2D eigenvalue weighted by molar-refractivity contribution is 6.13. The molecular formula is C21H23N3O4. The number of hydrogen-bond acceptors (Lipinski definition) is 4. The third-order valence-electron chi connectivity index (χ3n) is 4.71. The topological polar surface area (TPSA) is 96.5 Å². The molecule has 1 saturated carbocycles. The van der Waals surface area contributed by atoms with Crippen LogP contribution in [0.3, 0.4) is 0 Å². The lowest BCUT2D eigenvalue weighted by atomic mass is 10.0. The maximum absolute atomic E-state index is 12.7. The fraction of sp³-hybridized carbons (Fsp3) is 0.286. The second-order valence-electron chi connectivity index (χ2n) is 6.79. The second kappa shape index (κ2) is 8.12. The number of carbonyl (C=O) groups excluding carboxylic acids is 3. The lowest BCUT2D eigenvalue weighted by Crippen LogP contribution is -2.39. The molecule has 0 spiro atoms. The van der Waals surface area contributed by atoms with Gasteiger partial charge in [-0.15, -0.1) is 0 Å². The molecule has 0 bridgehead atoms. The first kappa shape index (κ1) is 19.4. The Labute approximate surface area is 163 Å². The van der Waals surface area contributed by atoms with E-state index < -0.39 is 5.41 Å². The maximum Gasteiger partial charge on any atom is 0.240 e. The third-order valence-corrected chi connectivity index (χ3v) is 4.71. The van der Waals surface area contributed by atoms with Crippen molar-refractivity contribution in [1.82, 2.24) is 5.32 Å². The average Bonchev–Trinajstić information content (AvgIpc) is 3.49. The molecule has 3 amide bonds. The van der Waals surface area contributed by atoms with Gasteiger partial charge in [-0.2, -0.15) is 0 Å². The van der Waals surface area contributed by atoms with E-state index in [0.717, 1.165) is 5.56 Å². The van der Waals surface area contributed by atoms with Gasteiger partial charge in [0.25, 0.3) is 0 Å². The zero-order valence-corrected chi connectivity index (χ0v) is 15.9. The predicted molar refractivity (Wildman–Crippen MR) is 106 cm³/mol. The minimum atomic E-state index is -1.03. The van der Waals surface area contributed by atoms with Gasteiger partial charge in [-0.3, -0.25) is 14.4 Å². The Hall–Kier alpha value is -3.35. The Morgan fingerprint density at radius 1 is 0.929 bits per heavy atom. The fourth-order valence-corrected chi connectivity index (χ4v) is 2.97. The number of rotatable bonds is 7. The quantitative estimate of drug-likeness (QED) is 0.643. The van der Waals surface area contributed by atoms with Gasteiger partial charge in [0.15, 0.2) is 0 Å². The molecule has 0 heterocycles. The van der Waals surface area contributed by atoms with Gasteiger partial charge in [0.2, 0.25) is 17.7 Å². The molecule has 146 valence electrons. The normalized spacial score (nSPS) is 13.9. The van der Waals surface area contributed by atoms with E-state index in [-0.39, 0.29) is 17.7 Å². The molecule has 0 unspecified atom stereocenters. The molecule has 2 aromatic rings. The Balaban J connectivity index is 1.60. The van der Waals surface area contributed by atoms with Crippen LogP contribution in [0.1, 0.15) is 25.3 Å². The highest BCUT2D eigenvalue weighted by Gasteiger charge is 2.56. The van der Waals surface area contributed by atoms with Crippen molar-refractivity contribution in [2.24, 2.45) is 5.41 Å². The number of benzene rings is 2. The number of hydrogen-bond donors (Lipinski definition) is 3. The highest BCUT2D eigenvalue weighted by atomic mass is 16.5. The molecule has 1 aliphatic rings. The molecule has 3 rings (SSSR count). The van der Waals surface area contributed by atoms with Crippen LogP contribution in [0.15, 0.2) is 48.5 Å². The molecule has 7 heteroatoms. The van der Waals surface area contributed by atoms with Crippen molar-refractivity contribution >= 4 is 29.1 Å². The van der Waals surface area contributed by atoms with Crippen LogP contribution in [0.25, 0.3) is 0 Å². The van der Waals surface area contributed by atoms with Gasteiger partial charge in [-0.25, -0.2) is 0 Å². The van der Waals surface area contributed by atoms with Crippen LogP contribution in [0, 0.1) is 5.41 Å². The van der Waals surface area contributed by atoms with Gasteiger partial charge in [-0.05, 0) is 43.2 Å². The van der Waals surface area contributed by atoms with Crippen LogP contribution >= 0.6 is 0 Å². The molecule has 3 N–H and O–H groups in total. The van der Waals surface area contributed by atoms with Crippen molar-refractivity contribution in [2.45, 2.75) is 26.3 Å². The average molecular weight is 381 g/mol. The summed E-state index contributed by atoms with van der Waals surface area (Å²) < 4.78 is 5.28. The first-order valence-corrected chi connectivity index (χ1v) is 9.04. The standard InChI is InChI=1S/C21H23N3O4/c1-14(25)23-16-7-9-17(10-8-16)24-20(27)21(11-12-21)19(26)22-13-15-5-3-4-6-18(15)28-2/h3-10H,11-13H2,1-2H3,(H,22,26)(H,23,25)(H,24,27).